The van der Waals surface area contributed by atoms with E-state index in [1.807, 2.05) is 0 Å². The molecule has 0 N–H and O–H groups in total. The number of hydrogen-bond donors (Lipinski definition) is 0. The number of carbonyl (C=O) groups is 3. The van der Waals surface area contributed by atoms with Crippen molar-refractivity contribution in [2.45, 2.75) is 0 Å². The molecule has 0 aliphatic rings. The Bertz CT molecular complexity index is 773. The zero-order valence-corrected chi connectivity index (χ0v) is 13.8. The predicted molar refractivity (Wildman–Crippen MR) is 89.1 cm³/mol. The number of rotatable bonds is 7. The van der Waals surface area contributed by atoms with Crippen LogP contribution in [0, 0.1) is 0 Å². The summed E-state index contributed by atoms with van der Waals surface area (Å²) in [5.74, 6) is -0.889. The number of esters is 1. The Hall–Kier alpha value is -2.37. The van der Waals surface area contributed by atoms with Crippen LogP contribution < -0.4 is 4.74 Å². The van der Waals surface area contributed by atoms with Crippen molar-refractivity contribution in [3.05, 3.63) is 63.6 Å². The highest BCUT2D eigenvalue weighted by atomic mass is 35.5. The highest BCUT2D eigenvalue weighted by Crippen LogP contribution is 2.22. The molecule has 0 unspecified atom stereocenters. The first-order valence-electron chi connectivity index (χ1n) is 6.82. The monoisotopic (exact) mass is 366 g/mol. The third-order valence-electron chi connectivity index (χ3n) is 3.00. The Morgan fingerprint density at radius 2 is 1.75 bits per heavy atom. The van der Waals surface area contributed by atoms with Gasteiger partial charge in [-0.2, -0.15) is 0 Å². The summed E-state index contributed by atoms with van der Waals surface area (Å²) in [6.45, 7) is -0.866. The number of ketones is 1. The molecule has 0 bridgehead atoms. The van der Waals surface area contributed by atoms with Crippen LogP contribution in [0.2, 0.25) is 10.0 Å². The largest absolute Gasteiger partial charge is 0.481 e. The van der Waals surface area contributed by atoms with Gasteiger partial charge in [0.15, 0.2) is 25.3 Å². The first-order valence-corrected chi connectivity index (χ1v) is 7.57. The lowest BCUT2D eigenvalue weighted by Crippen LogP contribution is -2.19. The fourth-order valence-electron chi connectivity index (χ4n) is 1.79. The van der Waals surface area contributed by atoms with Crippen LogP contribution in [-0.4, -0.2) is 31.3 Å². The molecule has 2 rings (SSSR count). The number of carbonyl (C=O) groups excluding carboxylic acids is 3. The van der Waals surface area contributed by atoms with E-state index in [-0.39, 0.29) is 16.3 Å². The normalized spacial score (nSPS) is 10.1. The quantitative estimate of drug-likeness (QED) is 0.425. The van der Waals surface area contributed by atoms with E-state index in [0.29, 0.717) is 16.9 Å². The van der Waals surface area contributed by atoms with Crippen molar-refractivity contribution < 1.29 is 23.9 Å². The highest BCUT2D eigenvalue weighted by Gasteiger charge is 2.12. The van der Waals surface area contributed by atoms with E-state index in [1.165, 1.54) is 18.2 Å². The first kappa shape index (κ1) is 18.0. The smallest absolute Gasteiger partial charge is 0.344 e. The van der Waals surface area contributed by atoms with Crippen molar-refractivity contribution in [3.8, 4) is 5.75 Å². The SMILES string of the molecule is O=Cc1ccccc1OCC(=O)OCC(=O)c1ccc(Cl)c(Cl)c1. The summed E-state index contributed by atoms with van der Waals surface area (Å²) >= 11 is 11.6. The number of halogens is 2. The number of benzene rings is 2. The van der Waals surface area contributed by atoms with Crippen LogP contribution >= 0.6 is 23.2 Å². The van der Waals surface area contributed by atoms with Crippen molar-refractivity contribution >= 4 is 41.2 Å². The molecular weight excluding hydrogens is 355 g/mol. The number of Topliss-reactive ketones (excluding diaryl/α,β-unsaturated/α-hetero) is 1. The number of ether oxygens (including phenoxy) is 2. The summed E-state index contributed by atoms with van der Waals surface area (Å²) in [6, 6.07) is 10.8. The van der Waals surface area contributed by atoms with Crippen LogP contribution in [-0.2, 0) is 9.53 Å². The summed E-state index contributed by atoms with van der Waals surface area (Å²) in [5.41, 5.74) is 0.599. The second kappa shape index (κ2) is 8.47. The van der Waals surface area contributed by atoms with E-state index in [9.17, 15) is 14.4 Å². The summed E-state index contributed by atoms with van der Waals surface area (Å²) in [5, 5.41) is 0.565. The lowest BCUT2D eigenvalue weighted by molar-refractivity contribution is -0.144. The van der Waals surface area contributed by atoms with Gasteiger partial charge in [0.05, 0.1) is 15.6 Å². The predicted octanol–water partition coefficient (Wildman–Crippen LogP) is 3.61. The minimum atomic E-state index is -0.732. The molecule has 0 saturated carbocycles. The number of hydrogen-bond acceptors (Lipinski definition) is 5. The molecule has 0 fully saturated rings. The van der Waals surface area contributed by atoms with Crippen LogP contribution in [0.15, 0.2) is 42.5 Å². The van der Waals surface area contributed by atoms with Crippen LogP contribution in [0.3, 0.4) is 0 Å². The van der Waals surface area contributed by atoms with Crippen LogP contribution in [0.25, 0.3) is 0 Å². The van der Waals surface area contributed by atoms with Crippen molar-refractivity contribution in [3.63, 3.8) is 0 Å². The first-order chi connectivity index (χ1) is 11.5. The molecule has 0 amide bonds. The molecule has 0 saturated heterocycles. The third kappa shape index (κ3) is 4.81. The molecule has 0 aromatic heterocycles. The molecule has 124 valence electrons. The molecule has 0 atom stereocenters. The lowest BCUT2D eigenvalue weighted by atomic mass is 10.1. The van der Waals surface area contributed by atoms with E-state index < -0.39 is 25.0 Å². The van der Waals surface area contributed by atoms with Gasteiger partial charge in [-0.15, -0.1) is 0 Å². The Kier molecular flexibility index (Phi) is 6.35. The molecule has 7 heteroatoms. The number of para-hydroxylation sites is 1. The summed E-state index contributed by atoms with van der Waals surface area (Å²) in [6.07, 6.45) is 0.620. The van der Waals surface area contributed by atoms with Crippen LogP contribution in [0.5, 0.6) is 5.75 Å². The molecule has 0 radical (unpaired) electrons. The van der Waals surface area contributed by atoms with Gasteiger partial charge in [0, 0.05) is 5.56 Å². The summed E-state index contributed by atoms with van der Waals surface area (Å²) < 4.78 is 10.1. The zero-order chi connectivity index (χ0) is 17.5. The van der Waals surface area contributed by atoms with Gasteiger partial charge in [-0.1, -0.05) is 35.3 Å². The second-order valence-corrected chi connectivity index (χ2v) is 5.47. The maximum absolute atomic E-state index is 11.9. The van der Waals surface area contributed by atoms with Crippen molar-refractivity contribution in [1.82, 2.24) is 0 Å². The highest BCUT2D eigenvalue weighted by molar-refractivity contribution is 6.42. The third-order valence-corrected chi connectivity index (χ3v) is 3.74. The average Bonchev–Trinajstić information content (AvgIpc) is 2.60. The Morgan fingerprint density at radius 3 is 2.46 bits per heavy atom. The van der Waals surface area contributed by atoms with Crippen LogP contribution in [0.4, 0.5) is 0 Å². The van der Waals surface area contributed by atoms with E-state index in [2.05, 4.69) is 0 Å². The molecule has 0 aliphatic heterocycles. The fraction of sp³-hybridized carbons (Fsp3) is 0.118. The Labute approximate surface area is 148 Å². The van der Waals surface area contributed by atoms with Crippen LogP contribution in [0.1, 0.15) is 20.7 Å². The van der Waals surface area contributed by atoms with E-state index >= 15 is 0 Å². The lowest BCUT2D eigenvalue weighted by Gasteiger charge is -2.08. The zero-order valence-electron chi connectivity index (χ0n) is 12.3. The molecular formula is C17H12Cl2O5. The molecule has 2 aromatic carbocycles. The standard InChI is InChI=1S/C17H12Cl2O5/c18-13-6-5-11(7-14(13)19)15(21)9-24-17(22)10-23-16-4-2-1-3-12(16)8-20/h1-8H,9-10H2. The van der Waals surface area contributed by atoms with Crippen molar-refractivity contribution in [2.24, 2.45) is 0 Å². The summed E-state index contributed by atoms with van der Waals surface area (Å²) in [7, 11) is 0. The van der Waals surface area contributed by atoms with Crippen molar-refractivity contribution in [2.75, 3.05) is 13.2 Å². The molecule has 5 nitrogen and oxygen atoms in total. The van der Waals surface area contributed by atoms with Gasteiger partial charge >= 0.3 is 5.97 Å². The van der Waals surface area contributed by atoms with E-state index in [0.717, 1.165) is 0 Å². The van der Waals surface area contributed by atoms with Gasteiger partial charge in [0.25, 0.3) is 0 Å². The molecule has 0 spiro atoms. The topological polar surface area (TPSA) is 69.7 Å². The molecule has 24 heavy (non-hydrogen) atoms. The second-order valence-electron chi connectivity index (χ2n) is 4.66. The van der Waals surface area contributed by atoms with Gasteiger partial charge in [-0.05, 0) is 30.3 Å². The minimum Gasteiger partial charge on any atom is -0.481 e. The Balaban J connectivity index is 1.85. The molecule has 0 heterocycles. The summed E-state index contributed by atoms with van der Waals surface area (Å²) in [4.78, 5) is 34.4. The molecule has 2 aromatic rings. The van der Waals surface area contributed by atoms with Gasteiger partial charge in [-0.25, -0.2) is 4.79 Å². The van der Waals surface area contributed by atoms with Gasteiger partial charge in [0.1, 0.15) is 5.75 Å². The number of aldehydes is 1. The molecule has 0 aliphatic carbocycles. The maximum Gasteiger partial charge on any atom is 0.344 e. The fourth-order valence-corrected chi connectivity index (χ4v) is 2.08. The average molecular weight is 367 g/mol. The van der Waals surface area contributed by atoms with Gasteiger partial charge in [0.2, 0.25) is 0 Å². The van der Waals surface area contributed by atoms with Gasteiger partial charge in [-0.3, -0.25) is 9.59 Å². The van der Waals surface area contributed by atoms with Gasteiger partial charge < -0.3 is 9.47 Å². The Morgan fingerprint density at radius 1 is 1.00 bits per heavy atom. The van der Waals surface area contributed by atoms with E-state index in [4.69, 9.17) is 32.7 Å². The minimum absolute atomic E-state index is 0.239. The maximum atomic E-state index is 11.9. The van der Waals surface area contributed by atoms with E-state index in [1.54, 1.807) is 24.3 Å². The van der Waals surface area contributed by atoms with Crippen molar-refractivity contribution in [1.29, 1.82) is 0 Å².